The van der Waals surface area contributed by atoms with Gasteiger partial charge < -0.3 is 30.4 Å². The van der Waals surface area contributed by atoms with Crippen molar-refractivity contribution in [3.63, 3.8) is 0 Å². The van der Waals surface area contributed by atoms with Crippen molar-refractivity contribution in [2.24, 2.45) is 5.73 Å². The van der Waals surface area contributed by atoms with Gasteiger partial charge in [0.2, 0.25) is 0 Å². The number of ether oxygens (including phenoxy) is 2. The Bertz CT molecular complexity index is 217. The summed E-state index contributed by atoms with van der Waals surface area (Å²) < 4.78 is 15.8. The first-order valence-electron chi connectivity index (χ1n) is 4.98. The van der Waals surface area contributed by atoms with Crippen LogP contribution >= 0.6 is 9.47 Å². The lowest BCUT2D eigenvalue weighted by Crippen LogP contribution is -2.40. The molecule has 7 nitrogen and oxygen atoms in total. The molecule has 0 aromatic carbocycles. The van der Waals surface area contributed by atoms with Gasteiger partial charge in [-0.1, -0.05) is 0 Å². The summed E-state index contributed by atoms with van der Waals surface area (Å²) in [4.78, 5) is 11.1. The SMILES string of the molecule is CNC(=O)NC1CC(OCN)C(COP)O1. The van der Waals surface area contributed by atoms with Crippen molar-refractivity contribution in [3.05, 3.63) is 0 Å². The van der Waals surface area contributed by atoms with Crippen LogP contribution in [0.2, 0.25) is 0 Å². The average molecular weight is 251 g/mol. The van der Waals surface area contributed by atoms with E-state index in [1.54, 1.807) is 7.05 Å². The number of amides is 2. The second-order valence-electron chi connectivity index (χ2n) is 3.33. The fourth-order valence-electron chi connectivity index (χ4n) is 1.57. The van der Waals surface area contributed by atoms with Gasteiger partial charge in [0.05, 0.1) is 19.4 Å². The predicted octanol–water partition coefficient (Wildman–Crippen LogP) is -0.861. The first-order valence-corrected chi connectivity index (χ1v) is 5.45. The van der Waals surface area contributed by atoms with E-state index in [0.717, 1.165) is 0 Å². The van der Waals surface area contributed by atoms with Gasteiger partial charge in [-0.3, -0.25) is 0 Å². The van der Waals surface area contributed by atoms with Crippen molar-refractivity contribution in [2.75, 3.05) is 20.4 Å². The third kappa shape index (κ3) is 3.84. The Labute approximate surface area is 96.6 Å². The third-order valence-corrected chi connectivity index (χ3v) is 2.48. The summed E-state index contributed by atoms with van der Waals surface area (Å²) in [6, 6.07) is -0.288. The molecule has 1 heterocycles. The van der Waals surface area contributed by atoms with Crippen molar-refractivity contribution in [1.82, 2.24) is 10.6 Å². The van der Waals surface area contributed by atoms with Crippen LogP contribution < -0.4 is 16.4 Å². The Morgan fingerprint density at radius 1 is 1.69 bits per heavy atom. The number of nitrogens with two attached hydrogens (primary N) is 1. The van der Waals surface area contributed by atoms with Gasteiger partial charge in [-0.25, -0.2) is 4.79 Å². The minimum atomic E-state index is -0.373. The van der Waals surface area contributed by atoms with Crippen LogP contribution in [0.15, 0.2) is 0 Å². The predicted molar refractivity (Wildman–Crippen MR) is 60.5 cm³/mol. The molecule has 1 saturated heterocycles. The molecule has 2 amide bonds. The van der Waals surface area contributed by atoms with Crippen LogP contribution in [-0.4, -0.2) is 44.9 Å². The van der Waals surface area contributed by atoms with E-state index in [2.05, 4.69) is 20.1 Å². The molecule has 0 radical (unpaired) electrons. The number of rotatable bonds is 5. The summed E-state index contributed by atoms with van der Waals surface area (Å²) in [7, 11) is 3.69. The number of carbonyl (C=O) groups is 1. The van der Waals surface area contributed by atoms with E-state index in [1.165, 1.54) is 0 Å². The minimum absolute atomic E-state index is 0.119. The summed E-state index contributed by atoms with van der Waals surface area (Å²) >= 11 is 0. The Morgan fingerprint density at radius 3 is 3.00 bits per heavy atom. The van der Waals surface area contributed by atoms with Crippen LogP contribution in [0.4, 0.5) is 4.79 Å². The molecule has 1 aliphatic rings. The quantitative estimate of drug-likeness (QED) is 0.436. The van der Waals surface area contributed by atoms with Crippen molar-refractivity contribution in [3.8, 4) is 0 Å². The molecule has 94 valence electrons. The van der Waals surface area contributed by atoms with Crippen LogP contribution in [0.3, 0.4) is 0 Å². The molecule has 1 aliphatic heterocycles. The van der Waals surface area contributed by atoms with E-state index in [9.17, 15) is 4.79 Å². The summed E-state index contributed by atoms with van der Waals surface area (Å²) in [6.07, 6.45) is -0.193. The van der Waals surface area contributed by atoms with Crippen LogP contribution in [0.25, 0.3) is 0 Å². The normalized spacial score (nSPS) is 29.1. The van der Waals surface area contributed by atoms with Gasteiger partial charge in [0.15, 0.2) is 0 Å². The Morgan fingerprint density at radius 2 is 2.44 bits per heavy atom. The molecule has 4 unspecified atom stereocenters. The molecular formula is C8H18N3O4P. The zero-order valence-corrected chi connectivity index (χ0v) is 10.3. The average Bonchev–Trinajstić information content (AvgIpc) is 2.62. The van der Waals surface area contributed by atoms with Crippen molar-refractivity contribution < 1.29 is 18.8 Å². The Balaban J connectivity index is 2.44. The van der Waals surface area contributed by atoms with E-state index in [-0.39, 0.29) is 31.2 Å². The fraction of sp³-hybridized carbons (Fsp3) is 0.875. The molecule has 0 bridgehead atoms. The number of carbonyl (C=O) groups excluding carboxylic acids is 1. The highest BCUT2D eigenvalue weighted by atomic mass is 31.0. The fourth-order valence-corrected chi connectivity index (χ4v) is 1.76. The van der Waals surface area contributed by atoms with E-state index >= 15 is 0 Å². The molecule has 4 N–H and O–H groups in total. The molecule has 16 heavy (non-hydrogen) atoms. The van der Waals surface area contributed by atoms with Gasteiger partial charge in [-0.15, -0.1) is 0 Å². The number of urea groups is 1. The van der Waals surface area contributed by atoms with Crippen molar-refractivity contribution in [1.29, 1.82) is 0 Å². The highest BCUT2D eigenvalue weighted by Crippen LogP contribution is 2.22. The van der Waals surface area contributed by atoms with E-state index < -0.39 is 0 Å². The lowest BCUT2D eigenvalue weighted by atomic mass is 10.2. The standard InChI is InChI=1S/C8H18N3O4P/c1-10-8(12)11-7-2-5(13-4-9)6(15-7)3-14-16/h5-7H,2-4,9,16H2,1H3,(H2,10,11,12). The third-order valence-electron chi connectivity index (χ3n) is 2.29. The first kappa shape index (κ1) is 13.6. The van der Waals surface area contributed by atoms with Crippen LogP contribution in [-0.2, 0) is 14.0 Å². The molecule has 0 aromatic rings. The smallest absolute Gasteiger partial charge is 0.316 e. The van der Waals surface area contributed by atoms with Crippen LogP contribution in [0.5, 0.6) is 0 Å². The van der Waals surface area contributed by atoms with E-state index in [0.29, 0.717) is 13.0 Å². The van der Waals surface area contributed by atoms with Crippen LogP contribution in [0.1, 0.15) is 6.42 Å². The van der Waals surface area contributed by atoms with Crippen LogP contribution in [0, 0.1) is 0 Å². The maximum Gasteiger partial charge on any atom is 0.316 e. The topological polar surface area (TPSA) is 94.8 Å². The Kier molecular flexibility index (Phi) is 5.94. The number of hydrogen-bond donors (Lipinski definition) is 3. The number of hydrogen-bond acceptors (Lipinski definition) is 5. The highest BCUT2D eigenvalue weighted by molar-refractivity contribution is 7.09. The van der Waals surface area contributed by atoms with Gasteiger partial charge >= 0.3 is 6.03 Å². The second kappa shape index (κ2) is 6.98. The molecule has 8 heteroatoms. The zero-order valence-electron chi connectivity index (χ0n) is 9.14. The molecular weight excluding hydrogens is 233 g/mol. The lowest BCUT2D eigenvalue weighted by molar-refractivity contribution is -0.0414. The van der Waals surface area contributed by atoms with Crippen molar-refractivity contribution >= 4 is 15.5 Å². The Hall–Kier alpha value is -0.460. The molecule has 0 spiro atoms. The van der Waals surface area contributed by atoms with Gasteiger partial charge in [-0.05, 0) is 0 Å². The monoisotopic (exact) mass is 251 g/mol. The first-order chi connectivity index (χ1) is 7.71. The van der Waals surface area contributed by atoms with Gasteiger partial charge in [0, 0.05) is 22.9 Å². The molecule has 4 atom stereocenters. The number of nitrogens with one attached hydrogen (secondary N) is 2. The van der Waals surface area contributed by atoms with Crippen molar-refractivity contribution in [2.45, 2.75) is 24.9 Å². The molecule has 0 aromatic heterocycles. The zero-order chi connectivity index (χ0) is 12.0. The van der Waals surface area contributed by atoms with Gasteiger partial charge in [0.1, 0.15) is 12.3 Å². The van der Waals surface area contributed by atoms with Gasteiger partial charge in [0.25, 0.3) is 0 Å². The second-order valence-corrected chi connectivity index (χ2v) is 3.66. The maximum absolute atomic E-state index is 11.1. The van der Waals surface area contributed by atoms with E-state index in [1.807, 2.05) is 0 Å². The van der Waals surface area contributed by atoms with E-state index in [4.69, 9.17) is 19.7 Å². The summed E-state index contributed by atoms with van der Waals surface area (Å²) in [5.41, 5.74) is 5.32. The minimum Gasteiger partial charge on any atom is -0.363 e. The largest absolute Gasteiger partial charge is 0.363 e. The molecule has 0 aliphatic carbocycles. The summed E-state index contributed by atoms with van der Waals surface area (Å²) in [6.45, 7) is 0.495. The lowest BCUT2D eigenvalue weighted by Gasteiger charge is -2.16. The molecule has 1 fully saturated rings. The molecule has 0 saturated carbocycles. The highest BCUT2D eigenvalue weighted by Gasteiger charge is 2.36. The summed E-state index contributed by atoms with van der Waals surface area (Å²) in [5.74, 6) is 0. The molecule has 1 rings (SSSR count). The van der Waals surface area contributed by atoms with Gasteiger partial charge in [-0.2, -0.15) is 0 Å². The summed E-state index contributed by atoms with van der Waals surface area (Å²) in [5, 5.41) is 5.10. The maximum atomic E-state index is 11.1.